The van der Waals surface area contributed by atoms with E-state index in [9.17, 15) is 14.4 Å². The molecule has 0 aliphatic rings. The van der Waals surface area contributed by atoms with E-state index < -0.39 is 17.2 Å². The number of terminal acetylenes is 1. The maximum absolute atomic E-state index is 12.4. The van der Waals surface area contributed by atoms with Crippen molar-refractivity contribution >= 4 is 5.91 Å². The van der Waals surface area contributed by atoms with Crippen LogP contribution >= 0.6 is 0 Å². The van der Waals surface area contributed by atoms with Crippen LogP contribution < -0.4 is 11.2 Å². The lowest BCUT2D eigenvalue weighted by Gasteiger charge is -2.10. The van der Waals surface area contributed by atoms with Crippen molar-refractivity contribution in [3.8, 4) is 12.3 Å². The largest absolute Gasteiger partial charge is 0.338 e. The number of rotatable bonds is 4. The molecule has 22 heavy (non-hydrogen) atoms. The second kappa shape index (κ2) is 6.72. The minimum absolute atomic E-state index is 0.294. The Labute approximate surface area is 127 Å². The monoisotopic (exact) mass is 296 g/mol. The summed E-state index contributed by atoms with van der Waals surface area (Å²) in [7, 11) is 0. The van der Waals surface area contributed by atoms with E-state index in [1.165, 1.54) is 10.8 Å². The van der Waals surface area contributed by atoms with Gasteiger partial charge in [-0.3, -0.25) is 14.2 Å². The Balaban J connectivity index is 2.52. The Morgan fingerprint density at radius 3 is 2.55 bits per heavy atom. The molecule has 5 heteroatoms. The van der Waals surface area contributed by atoms with E-state index in [2.05, 4.69) is 5.92 Å². The van der Waals surface area contributed by atoms with Crippen molar-refractivity contribution in [3.63, 3.8) is 0 Å². The van der Waals surface area contributed by atoms with Crippen LogP contribution in [-0.2, 0) is 6.54 Å². The summed E-state index contributed by atoms with van der Waals surface area (Å²) in [5, 5.41) is 0. The predicted molar refractivity (Wildman–Crippen MR) is 83.9 cm³/mol. The molecule has 1 heterocycles. The number of aryl methyl sites for hydroxylation is 2. The van der Waals surface area contributed by atoms with Gasteiger partial charge in [-0.15, -0.1) is 12.3 Å². The summed E-state index contributed by atoms with van der Waals surface area (Å²) in [6, 6.07) is 8.26. The number of carbonyl (C=O) groups excluding carboxylic acids is 1. The van der Waals surface area contributed by atoms with E-state index in [0.717, 1.165) is 0 Å². The number of hydrogen-bond acceptors (Lipinski definition) is 3. The zero-order chi connectivity index (χ0) is 16.1. The van der Waals surface area contributed by atoms with Gasteiger partial charge in [-0.1, -0.05) is 18.2 Å². The van der Waals surface area contributed by atoms with Crippen LogP contribution in [0.15, 0.2) is 46.1 Å². The van der Waals surface area contributed by atoms with Gasteiger partial charge in [0.15, 0.2) is 0 Å². The Bertz CT molecular complexity index is 839. The van der Waals surface area contributed by atoms with Crippen LogP contribution in [0.2, 0.25) is 0 Å². The van der Waals surface area contributed by atoms with Gasteiger partial charge in [-0.2, -0.15) is 4.57 Å². The van der Waals surface area contributed by atoms with E-state index in [1.54, 1.807) is 37.3 Å². The molecule has 2 rings (SSSR count). The highest BCUT2D eigenvalue weighted by Gasteiger charge is 2.16. The summed E-state index contributed by atoms with van der Waals surface area (Å²) >= 11 is 0. The maximum Gasteiger partial charge on any atom is 0.338 e. The second-order valence-electron chi connectivity index (χ2n) is 4.91. The normalized spacial score (nSPS) is 10.2. The highest BCUT2D eigenvalue weighted by molar-refractivity contribution is 5.95. The molecule has 0 bridgehead atoms. The van der Waals surface area contributed by atoms with Crippen molar-refractivity contribution in [1.82, 2.24) is 9.13 Å². The third-order valence-corrected chi connectivity index (χ3v) is 3.27. The van der Waals surface area contributed by atoms with Gasteiger partial charge in [0.05, 0.1) is 0 Å². The molecule has 0 fully saturated rings. The van der Waals surface area contributed by atoms with Crippen LogP contribution in [0, 0.1) is 19.3 Å². The van der Waals surface area contributed by atoms with Crippen molar-refractivity contribution in [2.75, 3.05) is 0 Å². The summed E-state index contributed by atoms with van der Waals surface area (Å²) < 4.78 is 2.04. The first-order valence-electron chi connectivity index (χ1n) is 6.92. The number of unbranched alkanes of at least 4 members (excludes halogenated alkanes) is 1. The highest BCUT2D eigenvalue weighted by atomic mass is 16.2. The maximum atomic E-state index is 12.4. The summed E-state index contributed by atoms with van der Waals surface area (Å²) in [6.07, 6.45) is 7.79. The zero-order valence-corrected chi connectivity index (χ0v) is 12.3. The molecule has 1 aromatic carbocycles. The SMILES string of the molecule is C#CCCCn1cc(C)c(=O)n(C(=O)c2ccccc2)c1=O. The van der Waals surface area contributed by atoms with Gasteiger partial charge in [0.25, 0.3) is 11.5 Å². The molecule has 0 atom stereocenters. The number of aromatic nitrogens is 2. The quantitative estimate of drug-likeness (QED) is 0.633. The lowest BCUT2D eigenvalue weighted by atomic mass is 10.2. The topological polar surface area (TPSA) is 61.1 Å². The van der Waals surface area contributed by atoms with Crippen LogP contribution in [0.5, 0.6) is 0 Å². The van der Waals surface area contributed by atoms with Gasteiger partial charge in [-0.05, 0) is 25.5 Å². The first kappa shape index (κ1) is 15.5. The standard InChI is InChI=1S/C17H16N2O3/c1-3-4-8-11-18-12-13(2)15(20)19(17(18)22)16(21)14-9-6-5-7-10-14/h1,5-7,9-10,12H,4,8,11H2,2H3. The molecule has 0 unspecified atom stereocenters. The smallest absolute Gasteiger partial charge is 0.300 e. The van der Waals surface area contributed by atoms with Crippen molar-refractivity contribution in [1.29, 1.82) is 0 Å². The van der Waals surface area contributed by atoms with Crippen LogP contribution in [-0.4, -0.2) is 15.0 Å². The minimum atomic E-state index is -0.638. The van der Waals surface area contributed by atoms with E-state index in [1.807, 2.05) is 0 Å². The summed E-state index contributed by atoms with van der Waals surface area (Å²) in [4.78, 5) is 37.0. The third-order valence-electron chi connectivity index (χ3n) is 3.27. The zero-order valence-electron chi connectivity index (χ0n) is 12.3. The molecule has 0 N–H and O–H groups in total. The van der Waals surface area contributed by atoms with Crippen LogP contribution in [0.1, 0.15) is 28.8 Å². The molecule has 0 aliphatic heterocycles. The summed E-state index contributed by atoms with van der Waals surface area (Å²) in [6.45, 7) is 1.94. The van der Waals surface area contributed by atoms with Gasteiger partial charge in [0.1, 0.15) is 0 Å². The molecule has 0 aliphatic carbocycles. The molecular weight excluding hydrogens is 280 g/mol. The Morgan fingerprint density at radius 2 is 1.91 bits per heavy atom. The molecular formula is C17H16N2O3. The van der Waals surface area contributed by atoms with E-state index >= 15 is 0 Å². The first-order valence-corrected chi connectivity index (χ1v) is 6.92. The number of benzene rings is 1. The van der Waals surface area contributed by atoms with E-state index in [4.69, 9.17) is 6.42 Å². The predicted octanol–water partition coefficient (Wildman–Crippen LogP) is 1.42. The van der Waals surface area contributed by atoms with E-state index in [0.29, 0.717) is 35.1 Å². The van der Waals surface area contributed by atoms with Gasteiger partial charge in [-0.25, -0.2) is 4.79 Å². The third kappa shape index (κ3) is 3.07. The highest BCUT2D eigenvalue weighted by Crippen LogP contribution is 2.00. The Morgan fingerprint density at radius 1 is 1.23 bits per heavy atom. The van der Waals surface area contributed by atoms with Crippen LogP contribution in [0.3, 0.4) is 0 Å². The van der Waals surface area contributed by atoms with E-state index in [-0.39, 0.29) is 0 Å². The molecule has 112 valence electrons. The van der Waals surface area contributed by atoms with Crippen molar-refractivity contribution < 1.29 is 4.79 Å². The van der Waals surface area contributed by atoms with Crippen molar-refractivity contribution in [3.05, 3.63) is 68.5 Å². The molecule has 2 aromatic rings. The molecule has 0 saturated heterocycles. The Kier molecular flexibility index (Phi) is 4.74. The molecule has 1 aromatic heterocycles. The number of hydrogen-bond donors (Lipinski definition) is 0. The van der Waals surface area contributed by atoms with Gasteiger partial charge < -0.3 is 0 Å². The average Bonchev–Trinajstić information content (AvgIpc) is 2.53. The fraction of sp³-hybridized carbons (Fsp3) is 0.235. The van der Waals surface area contributed by atoms with Gasteiger partial charge in [0.2, 0.25) is 0 Å². The lowest BCUT2D eigenvalue weighted by Crippen LogP contribution is -2.44. The molecule has 0 amide bonds. The second-order valence-corrected chi connectivity index (χ2v) is 4.91. The van der Waals surface area contributed by atoms with Gasteiger partial charge >= 0.3 is 5.69 Å². The Hall–Kier alpha value is -2.87. The first-order chi connectivity index (χ1) is 10.6. The van der Waals surface area contributed by atoms with Crippen LogP contribution in [0.25, 0.3) is 0 Å². The fourth-order valence-electron chi connectivity index (χ4n) is 2.14. The van der Waals surface area contributed by atoms with Crippen molar-refractivity contribution in [2.24, 2.45) is 0 Å². The minimum Gasteiger partial charge on any atom is -0.300 e. The molecule has 0 spiro atoms. The summed E-state index contributed by atoms with van der Waals surface area (Å²) in [5.74, 6) is 1.88. The molecule has 0 saturated carbocycles. The molecule has 5 nitrogen and oxygen atoms in total. The molecule has 0 radical (unpaired) electrons. The lowest BCUT2D eigenvalue weighted by molar-refractivity contribution is 0.0948. The van der Waals surface area contributed by atoms with Gasteiger partial charge in [0, 0.05) is 30.3 Å². The van der Waals surface area contributed by atoms with Crippen LogP contribution in [0.4, 0.5) is 0 Å². The number of nitrogens with zero attached hydrogens (tertiary/aromatic N) is 2. The number of carbonyl (C=O) groups is 1. The van der Waals surface area contributed by atoms with Crippen molar-refractivity contribution in [2.45, 2.75) is 26.3 Å². The average molecular weight is 296 g/mol. The summed E-state index contributed by atoms with van der Waals surface area (Å²) in [5.41, 5.74) is -0.597. The fourth-order valence-corrected chi connectivity index (χ4v) is 2.14.